The zero-order valence-electron chi connectivity index (χ0n) is 41.5. The summed E-state index contributed by atoms with van der Waals surface area (Å²) in [5.41, 5.74) is 0. The topological polar surface area (TPSA) is 213 Å². The average molecular weight is 972 g/mol. The van der Waals surface area contributed by atoms with Gasteiger partial charge in [0.05, 0.1) is 159 Å². The lowest BCUT2D eigenvalue weighted by molar-refractivity contribution is -0.146. The van der Waals surface area contributed by atoms with Crippen LogP contribution in [-0.2, 0) is 80.7 Å². The molecule has 19 nitrogen and oxygen atoms in total. The molecule has 0 saturated carbocycles. The molecular weight excluding hydrogens is 879 g/mol. The van der Waals surface area contributed by atoms with Crippen molar-refractivity contribution >= 4 is 17.8 Å². The number of unbranched alkanes of at least 4 members (excludes halogenated alkanes) is 14. The number of carboxylic acid groups (broad SMARTS) is 1. The van der Waals surface area contributed by atoms with Crippen LogP contribution >= 0.6 is 0 Å². The van der Waals surface area contributed by atoms with Gasteiger partial charge in [-0.1, -0.05) is 96.8 Å². The summed E-state index contributed by atoms with van der Waals surface area (Å²) in [6, 6.07) is 0. The fourth-order valence-electron chi connectivity index (χ4n) is 5.99. The van der Waals surface area contributed by atoms with E-state index in [0.717, 1.165) is 12.8 Å². The number of hydrogen-bond donors (Lipinski definition) is 2. The second kappa shape index (κ2) is 58.2. The molecule has 0 aliphatic rings. The maximum atomic E-state index is 11.9. The summed E-state index contributed by atoms with van der Waals surface area (Å²) < 4.78 is 75.6. The predicted octanol–water partition coefficient (Wildman–Crippen LogP) is 5.21. The van der Waals surface area contributed by atoms with Gasteiger partial charge in [-0.2, -0.15) is 0 Å². The Hall–Kier alpha value is -2.11. The molecule has 0 aromatic rings. The molecule has 67 heavy (non-hydrogen) atoms. The second-order valence-corrected chi connectivity index (χ2v) is 15.5. The lowest BCUT2D eigenvalue weighted by Crippen LogP contribution is -2.31. The summed E-state index contributed by atoms with van der Waals surface area (Å²) in [6.45, 7) is 12.8. The molecule has 0 aliphatic carbocycles. The molecule has 0 aromatic heterocycles. The van der Waals surface area contributed by atoms with Crippen LogP contribution in [0.25, 0.3) is 0 Å². The van der Waals surface area contributed by atoms with Crippen molar-refractivity contribution in [2.75, 3.05) is 185 Å². The maximum absolute atomic E-state index is 11.9. The fraction of sp³-hybridized carbons (Fsp3) is 0.938. The molecule has 0 heterocycles. The molecule has 0 unspecified atom stereocenters. The van der Waals surface area contributed by atoms with E-state index < -0.39 is 18.5 Å². The van der Waals surface area contributed by atoms with Gasteiger partial charge in [-0.25, -0.2) is 4.79 Å². The maximum Gasteiger partial charge on any atom is 0.329 e. The third-order valence-electron chi connectivity index (χ3n) is 9.59. The molecule has 0 rings (SSSR count). The SMILES string of the molecule is CCCCCCCCCCCCCCCCCC(=O)OCCOCCOCCOCCOCCOCCOCCOCCOCCOCCOCCOCCOCCNC(=O)COCC(=O)O. The minimum atomic E-state index is -1.13. The number of carbonyl (C=O) groups is 3. The van der Waals surface area contributed by atoms with E-state index in [9.17, 15) is 14.4 Å². The number of aliphatic carboxylic acids is 1. The quantitative estimate of drug-likeness (QED) is 0.0592. The van der Waals surface area contributed by atoms with Crippen LogP contribution in [0.4, 0.5) is 0 Å². The Morgan fingerprint density at radius 3 is 0.896 bits per heavy atom. The monoisotopic (exact) mass is 972 g/mol. The van der Waals surface area contributed by atoms with Crippen molar-refractivity contribution in [1.29, 1.82) is 0 Å². The van der Waals surface area contributed by atoms with Gasteiger partial charge in [0.2, 0.25) is 5.91 Å². The first kappa shape index (κ1) is 64.9. The van der Waals surface area contributed by atoms with Crippen LogP contribution in [0.3, 0.4) is 0 Å². The van der Waals surface area contributed by atoms with E-state index in [2.05, 4.69) is 17.0 Å². The third kappa shape index (κ3) is 60.0. The molecule has 0 atom stereocenters. The van der Waals surface area contributed by atoms with Crippen molar-refractivity contribution in [3.63, 3.8) is 0 Å². The van der Waals surface area contributed by atoms with Crippen molar-refractivity contribution in [2.24, 2.45) is 0 Å². The molecular formula is C48H93NO18. The number of nitrogens with one attached hydrogen (secondary N) is 1. The average Bonchev–Trinajstić information content (AvgIpc) is 3.32. The van der Waals surface area contributed by atoms with E-state index in [1.165, 1.54) is 83.5 Å². The van der Waals surface area contributed by atoms with Gasteiger partial charge in [-0.15, -0.1) is 0 Å². The number of rotatable bonds is 59. The molecule has 0 spiro atoms. The van der Waals surface area contributed by atoms with Crippen molar-refractivity contribution in [3.8, 4) is 0 Å². The van der Waals surface area contributed by atoms with Crippen LogP contribution in [0, 0.1) is 0 Å². The van der Waals surface area contributed by atoms with E-state index in [1.807, 2.05) is 0 Å². The summed E-state index contributed by atoms with van der Waals surface area (Å²) in [7, 11) is 0. The Balaban J connectivity index is 3.14. The standard InChI is InChI=1S/C48H93NO18/c1-2-3-4-5-6-7-8-9-10-11-12-13-14-15-16-17-48(53)67-43-42-65-41-40-64-39-38-63-37-36-62-35-34-61-33-32-60-31-30-59-29-28-58-27-26-57-25-24-56-23-22-55-21-20-54-19-18-49-46(50)44-66-45-47(51)52/h2-45H2,1H3,(H,49,50)(H,51,52). The molecule has 0 fully saturated rings. The highest BCUT2D eigenvalue weighted by Crippen LogP contribution is 2.14. The van der Waals surface area contributed by atoms with Crippen LogP contribution in [0.2, 0.25) is 0 Å². The molecule has 19 heteroatoms. The predicted molar refractivity (Wildman–Crippen MR) is 252 cm³/mol. The highest BCUT2D eigenvalue weighted by atomic mass is 16.6. The van der Waals surface area contributed by atoms with Crippen molar-refractivity contribution in [2.45, 2.75) is 110 Å². The zero-order chi connectivity index (χ0) is 48.5. The summed E-state index contributed by atoms with van der Waals surface area (Å²) in [5.74, 6) is -1.67. The lowest BCUT2D eigenvalue weighted by atomic mass is 10.0. The van der Waals surface area contributed by atoms with E-state index in [4.69, 9.17) is 66.7 Å². The Kier molecular flexibility index (Phi) is 56.4. The zero-order valence-corrected chi connectivity index (χ0v) is 41.5. The molecule has 398 valence electrons. The minimum absolute atomic E-state index is 0.139. The lowest BCUT2D eigenvalue weighted by Gasteiger charge is -2.09. The molecule has 0 bridgehead atoms. The summed E-state index contributed by atoms with van der Waals surface area (Å²) >= 11 is 0. The number of amides is 1. The highest BCUT2D eigenvalue weighted by molar-refractivity contribution is 5.77. The van der Waals surface area contributed by atoms with Gasteiger partial charge in [0.1, 0.15) is 19.8 Å². The van der Waals surface area contributed by atoms with E-state index in [1.54, 1.807) is 0 Å². The van der Waals surface area contributed by atoms with E-state index in [-0.39, 0.29) is 19.2 Å². The second-order valence-electron chi connectivity index (χ2n) is 15.5. The summed E-state index contributed by atoms with van der Waals surface area (Å²) in [6.07, 6.45) is 20.1. The van der Waals surface area contributed by atoms with Gasteiger partial charge in [0.25, 0.3) is 0 Å². The van der Waals surface area contributed by atoms with Crippen molar-refractivity contribution < 1.29 is 85.8 Å². The van der Waals surface area contributed by atoms with Crippen LogP contribution in [0.5, 0.6) is 0 Å². The van der Waals surface area contributed by atoms with Crippen LogP contribution in [0.15, 0.2) is 0 Å². The van der Waals surface area contributed by atoms with Crippen LogP contribution < -0.4 is 5.32 Å². The minimum Gasteiger partial charge on any atom is -0.480 e. The number of carbonyl (C=O) groups excluding carboxylic acids is 2. The molecule has 0 radical (unpaired) electrons. The first-order valence-electron chi connectivity index (χ1n) is 25.2. The van der Waals surface area contributed by atoms with E-state index >= 15 is 0 Å². The fourth-order valence-corrected chi connectivity index (χ4v) is 5.99. The summed E-state index contributed by atoms with van der Waals surface area (Å²) in [4.78, 5) is 33.6. The van der Waals surface area contributed by atoms with Crippen molar-refractivity contribution in [1.82, 2.24) is 5.32 Å². The number of ether oxygens (including phenoxy) is 14. The Bertz CT molecular complexity index is 1020. The number of carboxylic acids is 1. The van der Waals surface area contributed by atoms with E-state index in [0.29, 0.717) is 172 Å². The van der Waals surface area contributed by atoms with Crippen LogP contribution in [0.1, 0.15) is 110 Å². The van der Waals surface area contributed by atoms with Crippen molar-refractivity contribution in [3.05, 3.63) is 0 Å². The first-order valence-corrected chi connectivity index (χ1v) is 25.2. The molecule has 2 N–H and O–H groups in total. The Morgan fingerprint density at radius 1 is 0.328 bits per heavy atom. The Morgan fingerprint density at radius 2 is 0.597 bits per heavy atom. The van der Waals surface area contributed by atoms with Gasteiger partial charge in [-0.3, -0.25) is 9.59 Å². The Labute approximate surface area is 402 Å². The summed E-state index contributed by atoms with van der Waals surface area (Å²) in [5, 5.41) is 11.0. The largest absolute Gasteiger partial charge is 0.480 e. The van der Waals surface area contributed by atoms with Gasteiger partial charge >= 0.3 is 11.9 Å². The first-order chi connectivity index (χ1) is 33.1. The number of esters is 1. The van der Waals surface area contributed by atoms with Crippen LogP contribution in [-0.4, -0.2) is 208 Å². The molecule has 1 amide bonds. The number of hydrogen-bond acceptors (Lipinski definition) is 17. The van der Waals surface area contributed by atoms with Gasteiger partial charge in [0, 0.05) is 13.0 Å². The normalized spacial score (nSPS) is 11.4. The smallest absolute Gasteiger partial charge is 0.329 e. The third-order valence-corrected chi connectivity index (χ3v) is 9.59. The molecule has 0 aliphatic heterocycles. The highest BCUT2D eigenvalue weighted by Gasteiger charge is 2.05. The molecule has 0 aromatic carbocycles. The van der Waals surface area contributed by atoms with Gasteiger partial charge < -0.3 is 76.7 Å². The van der Waals surface area contributed by atoms with Gasteiger partial charge in [-0.05, 0) is 6.42 Å². The molecule has 0 saturated heterocycles. The van der Waals surface area contributed by atoms with Gasteiger partial charge in [0.15, 0.2) is 0 Å².